The minimum Gasteiger partial charge on any atom is -0.494 e. The molecule has 0 saturated carbocycles. The van der Waals surface area contributed by atoms with E-state index in [1.165, 1.54) is 4.88 Å². The first-order chi connectivity index (χ1) is 14.6. The van der Waals surface area contributed by atoms with Gasteiger partial charge in [-0.3, -0.25) is 9.78 Å². The number of rotatable bonds is 6. The zero-order valence-corrected chi connectivity index (χ0v) is 18.3. The summed E-state index contributed by atoms with van der Waals surface area (Å²) in [5.74, 6) is 0.523. The number of nitrogens with one attached hydrogen (secondary N) is 2. The van der Waals surface area contributed by atoms with Gasteiger partial charge >= 0.3 is 0 Å². The van der Waals surface area contributed by atoms with Gasteiger partial charge in [-0.2, -0.15) is 0 Å². The number of hydrogen-bond donors (Lipinski definition) is 2. The van der Waals surface area contributed by atoms with Crippen molar-refractivity contribution in [1.82, 2.24) is 10.3 Å². The number of aromatic nitrogens is 1. The number of nitrogens with zero attached hydrogens (tertiary/aromatic N) is 2. The lowest BCUT2D eigenvalue weighted by molar-refractivity contribution is -0.115. The molecule has 2 N–H and O–H groups in total. The van der Waals surface area contributed by atoms with Crippen LogP contribution < -0.4 is 20.3 Å². The topological polar surface area (TPSA) is 66.5 Å². The molecular weight excluding hydrogens is 416 g/mol. The molecule has 1 aliphatic rings. The van der Waals surface area contributed by atoms with Crippen LogP contribution in [0.15, 0.2) is 60.1 Å². The third kappa shape index (κ3) is 3.88. The van der Waals surface area contributed by atoms with Crippen LogP contribution in [0, 0.1) is 0 Å². The van der Waals surface area contributed by atoms with E-state index in [-0.39, 0.29) is 18.0 Å². The Morgan fingerprint density at radius 1 is 1.30 bits per heavy atom. The molecule has 30 heavy (non-hydrogen) atoms. The number of thiophene rings is 1. The van der Waals surface area contributed by atoms with E-state index >= 15 is 0 Å². The molecule has 2 unspecified atom stereocenters. The van der Waals surface area contributed by atoms with Crippen LogP contribution in [0.25, 0.3) is 0 Å². The molecule has 3 aromatic rings. The van der Waals surface area contributed by atoms with E-state index in [0.29, 0.717) is 23.0 Å². The van der Waals surface area contributed by atoms with E-state index in [4.69, 9.17) is 17.0 Å². The number of anilines is 2. The molecule has 1 amide bonds. The average molecular weight is 439 g/mol. The Bertz CT molecular complexity index is 1040. The lowest BCUT2D eigenvalue weighted by Crippen LogP contribution is -2.29. The molecule has 0 spiro atoms. The highest BCUT2D eigenvalue weighted by Gasteiger charge is 2.41. The number of pyridine rings is 1. The molecular formula is C22H22N4O2S2. The van der Waals surface area contributed by atoms with E-state index in [9.17, 15) is 4.79 Å². The van der Waals surface area contributed by atoms with Crippen LogP contribution in [-0.4, -0.2) is 23.1 Å². The fourth-order valence-electron chi connectivity index (χ4n) is 3.55. The number of carbonyl (C=O) groups excluding carboxylic acids is 1. The second-order valence-electron chi connectivity index (χ2n) is 6.80. The van der Waals surface area contributed by atoms with Crippen LogP contribution in [0.5, 0.6) is 5.75 Å². The molecule has 3 heterocycles. The van der Waals surface area contributed by atoms with Gasteiger partial charge in [-0.15, -0.1) is 11.3 Å². The van der Waals surface area contributed by atoms with Crippen LogP contribution in [0.1, 0.15) is 36.0 Å². The zero-order valence-electron chi connectivity index (χ0n) is 16.7. The standard InChI is InChI=1S/C22H22N4O2S2/c1-3-19(27)24-15-10-9-14(13-17(15)28-2)26-21(18-8-6-12-30-18)20(25-22(26)29)16-7-4-5-11-23-16/h4-13,20-21H,3H2,1-2H3,(H,24,27)(H,25,29). The summed E-state index contributed by atoms with van der Waals surface area (Å²) in [6, 6.07) is 15.6. The first-order valence-corrected chi connectivity index (χ1v) is 10.9. The van der Waals surface area contributed by atoms with Crippen LogP contribution in [0.2, 0.25) is 0 Å². The molecule has 1 saturated heterocycles. The molecule has 8 heteroatoms. The fourth-order valence-corrected chi connectivity index (χ4v) is 4.75. The fraction of sp³-hybridized carbons (Fsp3) is 0.227. The minimum absolute atomic E-state index is 0.0480. The van der Waals surface area contributed by atoms with Crippen molar-refractivity contribution < 1.29 is 9.53 Å². The highest BCUT2D eigenvalue weighted by atomic mass is 32.1. The molecule has 1 aromatic carbocycles. The summed E-state index contributed by atoms with van der Waals surface area (Å²) < 4.78 is 5.55. The molecule has 2 aromatic heterocycles. The molecule has 4 rings (SSSR count). The third-order valence-corrected chi connectivity index (χ3v) is 6.25. The molecule has 0 aliphatic carbocycles. The smallest absolute Gasteiger partial charge is 0.224 e. The van der Waals surface area contributed by atoms with Gasteiger partial charge < -0.3 is 20.3 Å². The summed E-state index contributed by atoms with van der Waals surface area (Å²) in [6.07, 6.45) is 2.19. The van der Waals surface area contributed by atoms with Crippen LogP contribution >= 0.6 is 23.6 Å². The summed E-state index contributed by atoms with van der Waals surface area (Å²) in [7, 11) is 1.59. The van der Waals surface area contributed by atoms with Gasteiger partial charge in [0, 0.05) is 29.2 Å². The van der Waals surface area contributed by atoms with Gasteiger partial charge in [0.1, 0.15) is 5.75 Å². The maximum atomic E-state index is 11.8. The van der Waals surface area contributed by atoms with Crippen molar-refractivity contribution in [2.45, 2.75) is 25.4 Å². The van der Waals surface area contributed by atoms with Crippen LogP contribution in [-0.2, 0) is 4.79 Å². The van der Waals surface area contributed by atoms with Crippen LogP contribution in [0.3, 0.4) is 0 Å². The van der Waals surface area contributed by atoms with E-state index in [2.05, 4.69) is 32.0 Å². The van der Waals surface area contributed by atoms with E-state index in [1.54, 1.807) is 24.6 Å². The van der Waals surface area contributed by atoms with Crippen molar-refractivity contribution in [3.63, 3.8) is 0 Å². The third-order valence-electron chi connectivity index (χ3n) is 4.99. The summed E-state index contributed by atoms with van der Waals surface area (Å²) >= 11 is 7.42. The number of amides is 1. The molecule has 1 fully saturated rings. The predicted molar refractivity (Wildman–Crippen MR) is 124 cm³/mol. The summed E-state index contributed by atoms with van der Waals surface area (Å²) in [6.45, 7) is 1.81. The number of thiocarbonyl (C=S) groups is 1. The molecule has 154 valence electrons. The molecule has 0 bridgehead atoms. The average Bonchev–Trinajstić information content (AvgIpc) is 3.42. The van der Waals surface area contributed by atoms with Crippen molar-refractivity contribution >= 4 is 45.9 Å². The Balaban J connectivity index is 1.75. The maximum Gasteiger partial charge on any atom is 0.224 e. The molecule has 1 aliphatic heterocycles. The van der Waals surface area contributed by atoms with Crippen LogP contribution in [0.4, 0.5) is 11.4 Å². The van der Waals surface area contributed by atoms with Gasteiger partial charge in [-0.1, -0.05) is 19.1 Å². The van der Waals surface area contributed by atoms with E-state index in [1.807, 2.05) is 49.4 Å². The number of benzene rings is 1. The first-order valence-electron chi connectivity index (χ1n) is 9.64. The monoisotopic (exact) mass is 438 g/mol. The van der Waals surface area contributed by atoms with Crippen molar-refractivity contribution in [3.8, 4) is 5.75 Å². The summed E-state index contributed by atoms with van der Waals surface area (Å²) in [5, 5.41) is 9.00. The van der Waals surface area contributed by atoms with Crippen molar-refractivity contribution in [2.75, 3.05) is 17.3 Å². The maximum absolute atomic E-state index is 11.8. The van der Waals surface area contributed by atoms with Gasteiger partial charge in [0.05, 0.1) is 30.6 Å². The molecule has 2 atom stereocenters. The van der Waals surface area contributed by atoms with Gasteiger partial charge in [0.25, 0.3) is 0 Å². The number of ether oxygens (including phenoxy) is 1. The predicted octanol–water partition coefficient (Wildman–Crippen LogP) is 4.68. The Morgan fingerprint density at radius 3 is 2.83 bits per heavy atom. The van der Waals surface area contributed by atoms with Gasteiger partial charge in [0.2, 0.25) is 5.91 Å². The normalized spacial score (nSPS) is 18.2. The van der Waals surface area contributed by atoms with Crippen molar-refractivity contribution in [1.29, 1.82) is 0 Å². The zero-order chi connectivity index (χ0) is 21.1. The Hall–Kier alpha value is -2.97. The van der Waals surface area contributed by atoms with E-state index in [0.717, 1.165) is 11.4 Å². The number of methoxy groups -OCH3 is 1. The van der Waals surface area contributed by atoms with E-state index < -0.39 is 0 Å². The molecule has 6 nitrogen and oxygen atoms in total. The highest BCUT2D eigenvalue weighted by molar-refractivity contribution is 7.80. The Labute approximate surface area is 184 Å². The van der Waals surface area contributed by atoms with Gasteiger partial charge in [0.15, 0.2) is 5.11 Å². The van der Waals surface area contributed by atoms with Gasteiger partial charge in [-0.05, 0) is 47.9 Å². The lowest BCUT2D eigenvalue weighted by Gasteiger charge is -2.27. The number of hydrogen-bond acceptors (Lipinski definition) is 5. The SMILES string of the molecule is CCC(=O)Nc1ccc(N2C(=S)NC(c3ccccn3)C2c2cccs2)cc1OC. The Kier molecular flexibility index (Phi) is 5.96. The quantitative estimate of drug-likeness (QED) is 0.545. The first kappa shape index (κ1) is 20.3. The highest BCUT2D eigenvalue weighted by Crippen LogP contribution is 2.44. The van der Waals surface area contributed by atoms with Gasteiger partial charge in [-0.25, -0.2) is 0 Å². The second-order valence-corrected chi connectivity index (χ2v) is 8.16. The summed E-state index contributed by atoms with van der Waals surface area (Å²) in [4.78, 5) is 19.7. The van der Waals surface area contributed by atoms with Crippen molar-refractivity contribution in [3.05, 3.63) is 70.7 Å². The Morgan fingerprint density at radius 2 is 2.17 bits per heavy atom. The number of carbonyl (C=O) groups is 1. The second kappa shape index (κ2) is 8.81. The van der Waals surface area contributed by atoms with Crippen molar-refractivity contribution in [2.24, 2.45) is 0 Å². The summed E-state index contributed by atoms with van der Waals surface area (Å²) in [5.41, 5.74) is 2.45. The molecule has 0 radical (unpaired) electrons. The largest absolute Gasteiger partial charge is 0.494 e. The minimum atomic E-state index is -0.0807. The lowest BCUT2D eigenvalue weighted by atomic mass is 10.0.